The summed E-state index contributed by atoms with van der Waals surface area (Å²) in [6.07, 6.45) is 0.951. The van der Waals surface area contributed by atoms with E-state index in [1.165, 1.54) is 0 Å². The van der Waals surface area contributed by atoms with Crippen molar-refractivity contribution in [1.29, 1.82) is 0 Å². The lowest BCUT2D eigenvalue weighted by Crippen LogP contribution is -2.12. The number of anilines is 1. The first-order valence-electron chi connectivity index (χ1n) is 5.38. The molecule has 0 spiro atoms. The van der Waals surface area contributed by atoms with Gasteiger partial charge in [0.15, 0.2) is 0 Å². The van der Waals surface area contributed by atoms with E-state index >= 15 is 0 Å². The van der Waals surface area contributed by atoms with E-state index in [0.29, 0.717) is 12.3 Å². The van der Waals surface area contributed by atoms with Gasteiger partial charge in [-0.05, 0) is 24.6 Å². The molecule has 0 radical (unpaired) electrons. The molecule has 6 heteroatoms. The fourth-order valence-electron chi connectivity index (χ4n) is 1.31. The van der Waals surface area contributed by atoms with Gasteiger partial charge in [-0.25, -0.2) is 0 Å². The Morgan fingerprint density at radius 2 is 2.06 bits per heavy atom. The van der Waals surface area contributed by atoms with Gasteiger partial charge in [-0.2, -0.15) is 0 Å². The minimum atomic E-state index is -0.532. The van der Waals surface area contributed by atoms with Crippen molar-refractivity contribution >= 4 is 23.8 Å². The summed E-state index contributed by atoms with van der Waals surface area (Å²) in [6.45, 7) is 2.10. The first kappa shape index (κ1) is 13.7. The van der Waals surface area contributed by atoms with Crippen molar-refractivity contribution in [2.45, 2.75) is 13.3 Å². The number of esters is 1. The molecule has 0 fully saturated rings. The highest BCUT2D eigenvalue weighted by atomic mass is 16.5. The van der Waals surface area contributed by atoms with Crippen molar-refractivity contribution in [2.75, 3.05) is 11.9 Å². The fraction of sp³-hybridized carbons (Fsp3) is 0.250. The van der Waals surface area contributed by atoms with Crippen LogP contribution in [0.25, 0.3) is 0 Å². The first-order valence-corrected chi connectivity index (χ1v) is 5.38. The highest BCUT2D eigenvalue weighted by Gasteiger charge is 2.04. The molecule has 0 bridgehead atoms. The molecule has 1 aromatic rings. The second-order valence-electron chi connectivity index (χ2n) is 3.41. The molecule has 0 aliphatic heterocycles. The van der Waals surface area contributed by atoms with E-state index in [4.69, 9.17) is 9.94 Å². The van der Waals surface area contributed by atoms with Gasteiger partial charge in [0.2, 0.25) is 0 Å². The number of rotatable bonds is 5. The topological polar surface area (TPSA) is 88.0 Å². The summed E-state index contributed by atoms with van der Waals surface area (Å²) >= 11 is 0. The van der Waals surface area contributed by atoms with Gasteiger partial charge < -0.3 is 15.3 Å². The predicted molar refractivity (Wildman–Crippen MR) is 65.7 cm³/mol. The maximum Gasteiger partial charge on any atom is 0.310 e. The third-order valence-electron chi connectivity index (χ3n) is 2.05. The monoisotopic (exact) mass is 250 g/mol. The van der Waals surface area contributed by atoms with Crippen LogP contribution in [0.2, 0.25) is 0 Å². The van der Waals surface area contributed by atoms with Crippen LogP contribution in [0.3, 0.4) is 0 Å². The first-order chi connectivity index (χ1) is 8.65. The third-order valence-corrected chi connectivity index (χ3v) is 2.05. The maximum absolute atomic E-state index is 11.2. The van der Waals surface area contributed by atoms with Crippen molar-refractivity contribution in [1.82, 2.24) is 0 Å². The number of benzene rings is 1. The number of hydrogen-bond donors (Lipinski definition) is 2. The van der Waals surface area contributed by atoms with E-state index in [-0.39, 0.29) is 12.4 Å². The van der Waals surface area contributed by atoms with E-state index in [1.54, 1.807) is 31.2 Å². The van der Waals surface area contributed by atoms with Crippen molar-refractivity contribution in [2.24, 2.45) is 5.16 Å². The zero-order chi connectivity index (χ0) is 13.4. The van der Waals surface area contributed by atoms with Crippen LogP contribution in [0.4, 0.5) is 5.69 Å². The Hall–Kier alpha value is -2.37. The van der Waals surface area contributed by atoms with Crippen LogP contribution in [-0.4, -0.2) is 29.9 Å². The second kappa shape index (κ2) is 7.05. The van der Waals surface area contributed by atoms with Crippen LogP contribution in [-0.2, 0) is 20.7 Å². The van der Waals surface area contributed by atoms with Crippen LogP contribution >= 0.6 is 0 Å². The SMILES string of the molecule is CCOC(=O)Cc1ccc(NC(=O)C=NO)cc1. The van der Waals surface area contributed by atoms with Gasteiger partial charge in [-0.15, -0.1) is 0 Å². The number of carbonyl (C=O) groups excluding carboxylic acids is 2. The smallest absolute Gasteiger partial charge is 0.310 e. The van der Waals surface area contributed by atoms with Crippen LogP contribution in [0.1, 0.15) is 12.5 Å². The molecule has 1 rings (SSSR count). The quantitative estimate of drug-likeness (QED) is 0.355. The van der Waals surface area contributed by atoms with Crippen molar-refractivity contribution in [3.63, 3.8) is 0 Å². The summed E-state index contributed by atoms with van der Waals surface area (Å²) < 4.78 is 4.82. The van der Waals surface area contributed by atoms with Gasteiger partial charge in [0.05, 0.1) is 13.0 Å². The largest absolute Gasteiger partial charge is 0.466 e. The molecule has 0 heterocycles. The molecule has 0 aromatic heterocycles. The van der Waals surface area contributed by atoms with E-state index in [2.05, 4.69) is 10.5 Å². The van der Waals surface area contributed by atoms with E-state index in [9.17, 15) is 9.59 Å². The second-order valence-corrected chi connectivity index (χ2v) is 3.41. The zero-order valence-corrected chi connectivity index (χ0v) is 9.92. The van der Waals surface area contributed by atoms with Crippen LogP contribution in [0, 0.1) is 0 Å². The Morgan fingerprint density at radius 1 is 1.39 bits per heavy atom. The lowest BCUT2D eigenvalue weighted by molar-refractivity contribution is -0.142. The number of amides is 1. The minimum absolute atomic E-state index is 0.195. The van der Waals surface area contributed by atoms with Crippen molar-refractivity contribution < 1.29 is 19.5 Å². The van der Waals surface area contributed by atoms with Gasteiger partial charge in [0.1, 0.15) is 6.21 Å². The van der Waals surface area contributed by atoms with E-state index in [0.717, 1.165) is 11.8 Å². The molecule has 6 nitrogen and oxygen atoms in total. The highest BCUT2D eigenvalue weighted by Crippen LogP contribution is 2.10. The zero-order valence-electron chi connectivity index (χ0n) is 9.92. The number of nitrogens with zero attached hydrogens (tertiary/aromatic N) is 1. The van der Waals surface area contributed by atoms with Crippen LogP contribution in [0.5, 0.6) is 0 Å². The Kier molecular flexibility index (Phi) is 5.37. The Labute approximate surface area is 104 Å². The van der Waals surface area contributed by atoms with Crippen molar-refractivity contribution in [3.05, 3.63) is 29.8 Å². The molecule has 0 aliphatic rings. The lowest BCUT2D eigenvalue weighted by atomic mass is 10.1. The minimum Gasteiger partial charge on any atom is -0.466 e. The number of oxime groups is 1. The summed E-state index contributed by atoms with van der Waals surface area (Å²) in [4.78, 5) is 22.3. The summed E-state index contributed by atoms with van der Waals surface area (Å²) in [5, 5.41) is 13.3. The van der Waals surface area contributed by atoms with Gasteiger partial charge in [0, 0.05) is 5.69 Å². The Bertz CT molecular complexity index is 440. The molecule has 1 aromatic carbocycles. The summed E-state index contributed by atoms with van der Waals surface area (Å²) in [7, 11) is 0. The molecule has 18 heavy (non-hydrogen) atoms. The molecule has 0 saturated carbocycles. The number of ether oxygens (including phenoxy) is 1. The van der Waals surface area contributed by atoms with E-state index in [1.807, 2.05) is 0 Å². The summed E-state index contributed by atoms with van der Waals surface area (Å²) in [6, 6.07) is 6.72. The molecule has 2 N–H and O–H groups in total. The predicted octanol–water partition coefficient (Wildman–Crippen LogP) is 1.19. The Balaban J connectivity index is 2.57. The normalized spacial score (nSPS) is 10.3. The van der Waals surface area contributed by atoms with Gasteiger partial charge in [-0.3, -0.25) is 9.59 Å². The fourth-order valence-corrected chi connectivity index (χ4v) is 1.31. The molecule has 0 aliphatic carbocycles. The van der Waals surface area contributed by atoms with Gasteiger partial charge >= 0.3 is 5.97 Å². The molecular weight excluding hydrogens is 236 g/mol. The molecule has 96 valence electrons. The van der Waals surface area contributed by atoms with Crippen LogP contribution in [0.15, 0.2) is 29.4 Å². The molecule has 1 amide bonds. The van der Waals surface area contributed by atoms with Gasteiger partial charge in [0.25, 0.3) is 5.91 Å². The molecule has 0 unspecified atom stereocenters. The number of nitrogens with one attached hydrogen (secondary N) is 1. The summed E-state index contributed by atoms with van der Waals surface area (Å²) in [5.74, 6) is -0.822. The number of carbonyl (C=O) groups is 2. The van der Waals surface area contributed by atoms with Gasteiger partial charge in [-0.1, -0.05) is 17.3 Å². The molecule has 0 saturated heterocycles. The lowest BCUT2D eigenvalue weighted by Gasteiger charge is -2.04. The third kappa shape index (κ3) is 4.65. The maximum atomic E-state index is 11.2. The van der Waals surface area contributed by atoms with E-state index < -0.39 is 5.91 Å². The molecule has 0 atom stereocenters. The number of hydrogen-bond acceptors (Lipinski definition) is 5. The standard InChI is InChI=1S/C12H14N2O4/c1-2-18-12(16)7-9-3-5-10(6-4-9)14-11(15)8-13-17/h3-6,8,17H,2,7H2,1H3,(H,14,15). The highest BCUT2D eigenvalue weighted by molar-refractivity contribution is 6.31. The molecular formula is C12H14N2O4. The Morgan fingerprint density at radius 3 is 2.61 bits per heavy atom. The van der Waals surface area contributed by atoms with Crippen LogP contribution < -0.4 is 5.32 Å². The summed E-state index contributed by atoms with van der Waals surface area (Å²) in [5.41, 5.74) is 1.34. The average Bonchev–Trinajstić information content (AvgIpc) is 2.32. The van der Waals surface area contributed by atoms with Crippen molar-refractivity contribution in [3.8, 4) is 0 Å². The average molecular weight is 250 g/mol.